The van der Waals surface area contributed by atoms with Crippen LogP contribution in [0.5, 0.6) is 0 Å². The summed E-state index contributed by atoms with van der Waals surface area (Å²) in [6, 6.07) is 7.19. The van der Waals surface area contributed by atoms with E-state index in [0.717, 1.165) is 16.7 Å². The van der Waals surface area contributed by atoms with Crippen molar-refractivity contribution in [1.82, 2.24) is 4.31 Å². The van der Waals surface area contributed by atoms with Gasteiger partial charge in [-0.2, -0.15) is 15.6 Å². The van der Waals surface area contributed by atoms with Gasteiger partial charge in [-0.25, -0.2) is 8.42 Å². The maximum Gasteiger partial charge on any atom is 0.243 e. The van der Waals surface area contributed by atoms with Crippen LogP contribution in [-0.4, -0.2) is 19.8 Å². The predicted octanol–water partition coefficient (Wildman–Crippen LogP) is 3.19. The lowest BCUT2D eigenvalue weighted by molar-refractivity contribution is 0.467. The molecule has 0 aliphatic heterocycles. The highest BCUT2D eigenvalue weighted by Crippen LogP contribution is 2.20. The fourth-order valence-electron chi connectivity index (χ4n) is 1.78. The Labute approximate surface area is 118 Å². The monoisotopic (exact) mass is 295 g/mol. The van der Waals surface area contributed by atoms with Crippen LogP contribution in [0, 0.1) is 13.8 Å². The normalized spacial score (nSPS) is 12.0. The lowest BCUT2D eigenvalue weighted by Gasteiger charge is -2.17. The van der Waals surface area contributed by atoms with Crippen molar-refractivity contribution in [1.29, 1.82) is 0 Å². The van der Waals surface area contributed by atoms with Gasteiger partial charge < -0.3 is 0 Å². The summed E-state index contributed by atoms with van der Waals surface area (Å²) < 4.78 is 26.3. The number of sulfonamides is 1. The number of nitrogens with zero attached hydrogens (tertiary/aromatic N) is 1. The zero-order chi connectivity index (χ0) is 14.0. The molecule has 1 heterocycles. The molecular weight excluding hydrogens is 278 g/mol. The van der Waals surface area contributed by atoms with E-state index in [1.54, 1.807) is 30.5 Å². The van der Waals surface area contributed by atoms with Gasteiger partial charge in [0, 0.05) is 13.6 Å². The SMILES string of the molecule is Cc1ccc(S(=O)(=O)N(C)Cc2ccsc2)cc1C. The molecule has 1 aromatic heterocycles. The van der Waals surface area contributed by atoms with Gasteiger partial charge in [0.1, 0.15) is 0 Å². The van der Waals surface area contributed by atoms with Crippen LogP contribution < -0.4 is 0 Å². The first-order valence-electron chi connectivity index (χ1n) is 5.96. The standard InChI is InChI=1S/C14H17NO2S2/c1-11-4-5-14(8-12(11)2)19(16,17)15(3)9-13-6-7-18-10-13/h4-8,10H,9H2,1-3H3. The quantitative estimate of drug-likeness (QED) is 0.868. The van der Waals surface area contributed by atoms with Gasteiger partial charge in [-0.05, 0) is 59.5 Å². The number of hydrogen-bond acceptors (Lipinski definition) is 3. The maximum absolute atomic E-state index is 12.5. The molecule has 2 rings (SSSR count). The van der Waals surface area contributed by atoms with Gasteiger partial charge in [-0.3, -0.25) is 0 Å². The molecule has 0 radical (unpaired) electrons. The molecule has 0 bridgehead atoms. The van der Waals surface area contributed by atoms with Crippen LogP contribution in [0.1, 0.15) is 16.7 Å². The van der Waals surface area contributed by atoms with E-state index in [2.05, 4.69) is 0 Å². The Kier molecular flexibility index (Phi) is 4.08. The molecular formula is C14H17NO2S2. The largest absolute Gasteiger partial charge is 0.243 e. The first-order chi connectivity index (χ1) is 8.91. The number of rotatable bonds is 4. The molecule has 1 aromatic carbocycles. The van der Waals surface area contributed by atoms with E-state index in [9.17, 15) is 8.42 Å². The number of hydrogen-bond donors (Lipinski definition) is 0. The molecule has 0 aliphatic carbocycles. The Hall–Kier alpha value is -1.17. The van der Waals surface area contributed by atoms with E-state index in [0.29, 0.717) is 11.4 Å². The fraction of sp³-hybridized carbons (Fsp3) is 0.286. The molecule has 5 heteroatoms. The number of benzene rings is 1. The molecule has 0 fully saturated rings. The summed E-state index contributed by atoms with van der Waals surface area (Å²) in [6.45, 7) is 4.30. The lowest BCUT2D eigenvalue weighted by atomic mass is 10.1. The molecule has 0 saturated carbocycles. The molecule has 0 amide bonds. The van der Waals surface area contributed by atoms with Crippen molar-refractivity contribution < 1.29 is 8.42 Å². The average Bonchev–Trinajstić information content (AvgIpc) is 2.85. The molecule has 0 spiro atoms. The third kappa shape index (κ3) is 3.05. The summed E-state index contributed by atoms with van der Waals surface area (Å²) in [4.78, 5) is 0.355. The van der Waals surface area contributed by atoms with E-state index in [4.69, 9.17) is 0 Å². The summed E-state index contributed by atoms with van der Waals surface area (Å²) in [6.07, 6.45) is 0. The summed E-state index contributed by atoms with van der Waals surface area (Å²) in [7, 11) is -1.80. The third-order valence-electron chi connectivity index (χ3n) is 3.17. The highest BCUT2D eigenvalue weighted by Gasteiger charge is 2.21. The molecule has 0 N–H and O–H groups in total. The lowest BCUT2D eigenvalue weighted by Crippen LogP contribution is -2.26. The second-order valence-corrected chi connectivity index (χ2v) is 7.46. The van der Waals surface area contributed by atoms with E-state index in [1.165, 1.54) is 4.31 Å². The van der Waals surface area contributed by atoms with Crippen molar-refractivity contribution in [2.45, 2.75) is 25.3 Å². The van der Waals surface area contributed by atoms with Gasteiger partial charge >= 0.3 is 0 Å². The van der Waals surface area contributed by atoms with Crippen LogP contribution in [0.2, 0.25) is 0 Å². The highest BCUT2D eigenvalue weighted by molar-refractivity contribution is 7.89. The Bertz CT molecular complexity index is 661. The Morgan fingerprint density at radius 3 is 2.47 bits per heavy atom. The van der Waals surface area contributed by atoms with Gasteiger partial charge in [0.25, 0.3) is 0 Å². The van der Waals surface area contributed by atoms with Crippen LogP contribution in [0.4, 0.5) is 0 Å². The summed E-state index contributed by atoms with van der Waals surface area (Å²) in [5, 5.41) is 3.91. The van der Waals surface area contributed by atoms with Crippen molar-refractivity contribution in [3.05, 3.63) is 51.7 Å². The number of thiophene rings is 1. The fourth-order valence-corrected chi connectivity index (χ4v) is 3.68. The molecule has 0 atom stereocenters. The van der Waals surface area contributed by atoms with Crippen molar-refractivity contribution in [2.24, 2.45) is 0 Å². The second kappa shape index (κ2) is 5.45. The average molecular weight is 295 g/mol. The van der Waals surface area contributed by atoms with Crippen molar-refractivity contribution in [2.75, 3.05) is 7.05 Å². The molecule has 0 unspecified atom stereocenters. The summed E-state index contributed by atoms with van der Waals surface area (Å²) >= 11 is 1.57. The smallest absolute Gasteiger partial charge is 0.207 e. The van der Waals surface area contributed by atoms with Gasteiger partial charge in [0.05, 0.1) is 4.90 Å². The van der Waals surface area contributed by atoms with Crippen molar-refractivity contribution in [3.63, 3.8) is 0 Å². The zero-order valence-corrected chi connectivity index (χ0v) is 12.9. The molecule has 3 nitrogen and oxygen atoms in total. The highest BCUT2D eigenvalue weighted by atomic mass is 32.2. The van der Waals surface area contributed by atoms with Crippen LogP contribution in [-0.2, 0) is 16.6 Å². The van der Waals surface area contributed by atoms with Gasteiger partial charge in [0.2, 0.25) is 10.0 Å². The van der Waals surface area contributed by atoms with Crippen LogP contribution in [0.25, 0.3) is 0 Å². The van der Waals surface area contributed by atoms with E-state index in [1.807, 2.05) is 36.7 Å². The Balaban J connectivity index is 2.28. The Morgan fingerprint density at radius 1 is 1.16 bits per heavy atom. The van der Waals surface area contributed by atoms with Gasteiger partial charge in [-0.1, -0.05) is 6.07 Å². The van der Waals surface area contributed by atoms with Crippen LogP contribution in [0.3, 0.4) is 0 Å². The van der Waals surface area contributed by atoms with E-state index >= 15 is 0 Å². The maximum atomic E-state index is 12.5. The van der Waals surface area contributed by atoms with Crippen molar-refractivity contribution >= 4 is 21.4 Å². The Morgan fingerprint density at radius 2 is 1.89 bits per heavy atom. The molecule has 0 aliphatic rings. The second-order valence-electron chi connectivity index (χ2n) is 4.64. The third-order valence-corrected chi connectivity index (χ3v) is 5.70. The van der Waals surface area contributed by atoms with Gasteiger partial charge in [-0.15, -0.1) is 0 Å². The summed E-state index contributed by atoms with van der Waals surface area (Å²) in [5.41, 5.74) is 3.10. The van der Waals surface area contributed by atoms with Crippen LogP contribution in [0.15, 0.2) is 39.9 Å². The molecule has 19 heavy (non-hydrogen) atoms. The molecule has 0 saturated heterocycles. The minimum absolute atomic E-state index is 0.355. The minimum atomic E-state index is -3.42. The van der Waals surface area contributed by atoms with E-state index < -0.39 is 10.0 Å². The topological polar surface area (TPSA) is 37.4 Å². The zero-order valence-electron chi connectivity index (χ0n) is 11.3. The first kappa shape index (κ1) is 14.2. The molecule has 2 aromatic rings. The minimum Gasteiger partial charge on any atom is -0.207 e. The number of aryl methyl sites for hydroxylation is 2. The predicted molar refractivity (Wildman–Crippen MR) is 78.9 cm³/mol. The molecule has 102 valence electrons. The van der Waals surface area contributed by atoms with Gasteiger partial charge in [0.15, 0.2) is 0 Å². The van der Waals surface area contributed by atoms with Crippen molar-refractivity contribution in [3.8, 4) is 0 Å². The van der Waals surface area contributed by atoms with Crippen LogP contribution >= 0.6 is 11.3 Å². The van der Waals surface area contributed by atoms with E-state index in [-0.39, 0.29) is 0 Å². The first-order valence-corrected chi connectivity index (χ1v) is 8.34. The summed E-state index contributed by atoms with van der Waals surface area (Å²) in [5.74, 6) is 0.